The summed E-state index contributed by atoms with van der Waals surface area (Å²) in [6.45, 7) is 3.79. The third-order valence-corrected chi connectivity index (χ3v) is 8.06. The minimum atomic E-state index is 0.253. The monoisotopic (exact) mass is 419 g/mol. The largest absolute Gasteiger partial charge is 0.467 e. The molecule has 0 atom stereocenters. The number of fused-ring (bicyclic) bond motifs is 3. The van der Waals surface area contributed by atoms with Gasteiger partial charge in [-0.1, -0.05) is 12.1 Å². The Morgan fingerprint density at radius 2 is 1.94 bits per heavy atom. The van der Waals surface area contributed by atoms with Gasteiger partial charge >= 0.3 is 6.02 Å². The van der Waals surface area contributed by atoms with Gasteiger partial charge in [0.2, 0.25) is 0 Å². The number of ether oxygens (including phenoxy) is 1. The van der Waals surface area contributed by atoms with Crippen molar-refractivity contribution in [1.82, 2.24) is 0 Å². The Morgan fingerprint density at radius 3 is 2.58 bits per heavy atom. The van der Waals surface area contributed by atoms with E-state index in [0.717, 1.165) is 36.3 Å². The SMILES string of the molecule is COC1=NCC(c2cccc(NCC34CCC(/C(C)=N/C(=N)C5CC5)(CC3)CC4)c2)=N1. The summed E-state index contributed by atoms with van der Waals surface area (Å²) in [5.41, 5.74) is 5.09. The van der Waals surface area contributed by atoms with Crippen LogP contribution in [0.1, 0.15) is 63.9 Å². The highest BCUT2D eigenvalue weighted by molar-refractivity contribution is 6.11. The van der Waals surface area contributed by atoms with Crippen molar-refractivity contribution >= 4 is 29.0 Å². The number of amidine groups is 2. The molecule has 0 spiro atoms. The molecule has 6 nitrogen and oxygen atoms in total. The number of nitrogens with one attached hydrogen (secondary N) is 2. The van der Waals surface area contributed by atoms with Gasteiger partial charge in [0.15, 0.2) is 0 Å². The fourth-order valence-electron chi connectivity index (χ4n) is 5.51. The second-order valence-corrected chi connectivity index (χ2v) is 9.93. The lowest BCUT2D eigenvalue weighted by atomic mass is 9.52. The molecule has 2 N–H and O–H groups in total. The first-order valence-corrected chi connectivity index (χ1v) is 11.7. The molecular formula is C25H33N5O. The molecule has 0 radical (unpaired) electrons. The first-order chi connectivity index (χ1) is 15.0. The molecule has 5 aliphatic rings. The first kappa shape index (κ1) is 20.4. The van der Waals surface area contributed by atoms with Crippen LogP contribution in [0, 0.1) is 22.2 Å². The van der Waals surface area contributed by atoms with Gasteiger partial charge in [0.05, 0.1) is 19.4 Å². The number of benzene rings is 1. The number of methoxy groups -OCH3 is 1. The molecular weight excluding hydrogens is 386 g/mol. The average Bonchev–Trinajstić information content (AvgIpc) is 3.56. The molecule has 164 valence electrons. The maximum Gasteiger partial charge on any atom is 0.312 e. The van der Waals surface area contributed by atoms with Gasteiger partial charge < -0.3 is 10.1 Å². The van der Waals surface area contributed by atoms with Crippen LogP contribution in [0.25, 0.3) is 0 Å². The summed E-state index contributed by atoms with van der Waals surface area (Å²) in [5, 5.41) is 11.9. The Kier molecular flexibility index (Phi) is 5.19. The topological polar surface area (TPSA) is 82.2 Å². The molecule has 31 heavy (non-hydrogen) atoms. The summed E-state index contributed by atoms with van der Waals surface area (Å²) < 4.78 is 5.14. The lowest BCUT2D eigenvalue weighted by Crippen LogP contribution is -2.48. The summed E-state index contributed by atoms with van der Waals surface area (Å²) in [6.07, 6.45) is 9.73. The molecule has 6 rings (SSSR count). The minimum absolute atomic E-state index is 0.253. The Hall–Kier alpha value is -2.50. The van der Waals surface area contributed by atoms with E-state index >= 15 is 0 Å². The van der Waals surface area contributed by atoms with Crippen molar-refractivity contribution in [2.24, 2.45) is 31.7 Å². The number of hydrogen-bond donors (Lipinski definition) is 2. The van der Waals surface area contributed by atoms with Gasteiger partial charge in [-0.25, -0.2) is 9.98 Å². The quantitative estimate of drug-likeness (QED) is 0.497. The van der Waals surface area contributed by atoms with Gasteiger partial charge in [-0.3, -0.25) is 5.41 Å². The van der Waals surface area contributed by atoms with E-state index in [1.807, 2.05) is 0 Å². The molecule has 4 aliphatic carbocycles. The highest BCUT2D eigenvalue weighted by Gasteiger charge is 2.50. The van der Waals surface area contributed by atoms with E-state index < -0.39 is 0 Å². The van der Waals surface area contributed by atoms with Crippen LogP contribution in [-0.4, -0.2) is 43.5 Å². The molecule has 6 heteroatoms. The van der Waals surface area contributed by atoms with E-state index in [1.165, 1.54) is 44.2 Å². The zero-order valence-electron chi connectivity index (χ0n) is 18.7. The maximum absolute atomic E-state index is 8.21. The van der Waals surface area contributed by atoms with Gasteiger partial charge in [-0.05, 0) is 75.8 Å². The van der Waals surface area contributed by atoms with E-state index in [2.05, 4.69) is 46.5 Å². The van der Waals surface area contributed by atoms with Crippen LogP contribution in [0.3, 0.4) is 0 Å². The van der Waals surface area contributed by atoms with Crippen LogP contribution < -0.4 is 5.32 Å². The zero-order valence-corrected chi connectivity index (χ0v) is 18.7. The fourth-order valence-corrected chi connectivity index (χ4v) is 5.51. The molecule has 0 aromatic heterocycles. The highest BCUT2D eigenvalue weighted by Crippen LogP contribution is 2.57. The first-order valence-electron chi connectivity index (χ1n) is 11.7. The molecule has 0 amide bonds. The second-order valence-electron chi connectivity index (χ2n) is 9.93. The van der Waals surface area contributed by atoms with Crippen LogP contribution in [0.4, 0.5) is 5.69 Å². The third kappa shape index (κ3) is 4.04. The molecule has 4 saturated carbocycles. The summed E-state index contributed by atoms with van der Waals surface area (Å²) in [5.74, 6) is 1.08. The highest BCUT2D eigenvalue weighted by atomic mass is 16.5. The normalized spacial score (nSPS) is 30.1. The number of rotatable bonds is 6. The van der Waals surface area contributed by atoms with Gasteiger partial charge in [-0.15, -0.1) is 0 Å². The lowest BCUT2D eigenvalue weighted by Gasteiger charge is -2.53. The number of anilines is 1. The molecule has 1 heterocycles. The van der Waals surface area contributed by atoms with Crippen molar-refractivity contribution in [3.05, 3.63) is 29.8 Å². The Morgan fingerprint density at radius 1 is 1.19 bits per heavy atom. The van der Waals surface area contributed by atoms with E-state index in [0.29, 0.717) is 29.7 Å². The van der Waals surface area contributed by atoms with Crippen molar-refractivity contribution in [2.45, 2.75) is 58.3 Å². The van der Waals surface area contributed by atoms with Gasteiger partial charge in [0.1, 0.15) is 5.84 Å². The van der Waals surface area contributed by atoms with Crippen molar-refractivity contribution in [2.75, 3.05) is 25.5 Å². The second kappa shape index (κ2) is 7.88. The molecule has 0 saturated heterocycles. The maximum atomic E-state index is 8.21. The molecule has 4 fully saturated rings. The van der Waals surface area contributed by atoms with Crippen molar-refractivity contribution in [1.29, 1.82) is 5.41 Å². The number of aliphatic imine (C=N–C) groups is 3. The minimum Gasteiger partial charge on any atom is -0.467 e. The summed E-state index contributed by atoms with van der Waals surface area (Å²) in [7, 11) is 1.61. The predicted octanol–water partition coefficient (Wildman–Crippen LogP) is 5.09. The molecule has 1 aliphatic heterocycles. The molecule has 2 bridgehead atoms. The standard InChI is InChI=1S/C25H33N5O/c1-17(29-22(26)18-6-7-18)25-11-8-24(9-12-25,10-13-25)16-28-20-5-3-4-19(14-20)21-15-27-23(30-21)31-2/h3-5,14,18,26,28H,6-13,15-16H2,1-2H3/b26-22?,29-17+. The zero-order chi connectivity index (χ0) is 21.5. The predicted molar refractivity (Wildman–Crippen MR) is 127 cm³/mol. The summed E-state index contributed by atoms with van der Waals surface area (Å²) >= 11 is 0. The Bertz CT molecular complexity index is 947. The number of hydrogen-bond acceptors (Lipinski definition) is 5. The van der Waals surface area contributed by atoms with E-state index in [1.54, 1.807) is 7.11 Å². The van der Waals surface area contributed by atoms with Crippen molar-refractivity contribution in [3.8, 4) is 0 Å². The van der Waals surface area contributed by atoms with E-state index in [9.17, 15) is 0 Å². The third-order valence-electron chi connectivity index (χ3n) is 8.06. The van der Waals surface area contributed by atoms with E-state index in [-0.39, 0.29) is 5.41 Å². The number of nitrogens with zero attached hydrogens (tertiary/aromatic N) is 3. The van der Waals surface area contributed by atoms with Crippen LogP contribution >= 0.6 is 0 Å². The van der Waals surface area contributed by atoms with Crippen LogP contribution in [0.15, 0.2) is 39.2 Å². The molecule has 1 aromatic carbocycles. The van der Waals surface area contributed by atoms with Crippen molar-refractivity contribution in [3.63, 3.8) is 0 Å². The summed E-state index contributed by atoms with van der Waals surface area (Å²) in [6, 6.07) is 8.97. The molecule has 1 aromatic rings. The lowest BCUT2D eigenvalue weighted by molar-refractivity contribution is 0.0435. The van der Waals surface area contributed by atoms with Crippen LogP contribution in [-0.2, 0) is 4.74 Å². The van der Waals surface area contributed by atoms with Gasteiger partial charge in [0, 0.05) is 34.8 Å². The van der Waals surface area contributed by atoms with Crippen molar-refractivity contribution < 1.29 is 4.74 Å². The smallest absolute Gasteiger partial charge is 0.312 e. The van der Waals surface area contributed by atoms with Crippen LogP contribution in [0.2, 0.25) is 0 Å². The fraction of sp³-hybridized carbons (Fsp3) is 0.600. The Balaban J connectivity index is 1.20. The Labute approximate surface area is 184 Å². The van der Waals surface area contributed by atoms with Gasteiger partial charge in [-0.2, -0.15) is 4.99 Å². The van der Waals surface area contributed by atoms with Gasteiger partial charge in [0.25, 0.3) is 0 Å². The average molecular weight is 420 g/mol. The molecule has 0 unspecified atom stereocenters. The van der Waals surface area contributed by atoms with E-state index in [4.69, 9.17) is 15.1 Å². The van der Waals surface area contributed by atoms with Crippen LogP contribution in [0.5, 0.6) is 0 Å². The summed E-state index contributed by atoms with van der Waals surface area (Å²) in [4.78, 5) is 13.5.